The SMILES string of the molecule is CC(C)S(=O)(=O)N1CCN(C(CNC(=O)c2ccc(O)cc2)C(=O)O)CC1. The molecule has 1 fully saturated rings. The Morgan fingerprint density at radius 3 is 2.15 bits per heavy atom. The van der Waals surface area contributed by atoms with Crippen LogP contribution in [0.25, 0.3) is 0 Å². The highest BCUT2D eigenvalue weighted by molar-refractivity contribution is 7.89. The minimum absolute atomic E-state index is 0.0317. The number of amides is 1. The predicted octanol–water partition coefficient (Wildman–Crippen LogP) is -0.0690. The molecule has 1 atom stereocenters. The third-order valence-electron chi connectivity index (χ3n) is 4.54. The standard InChI is InChI=1S/C17H25N3O6S/c1-12(2)27(25,26)20-9-7-19(8-10-20)15(17(23)24)11-18-16(22)13-3-5-14(21)6-4-13/h3-6,12,15,21H,7-11H2,1-2H3,(H,18,22)(H,23,24). The molecular weight excluding hydrogens is 374 g/mol. The van der Waals surface area contributed by atoms with E-state index in [4.69, 9.17) is 0 Å². The summed E-state index contributed by atoms with van der Waals surface area (Å²) in [5.74, 6) is -1.49. The Morgan fingerprint density at radius 1 is 1.11 bits per heavy atom. The van der Waals surface area contributed by atoms with E-state index in [1.165, 1.54) is 28.6 Å². The van der Waals surface area contributed by atoms with Crippen molar-refractivity contribution in [2.45, 2.75) is 25.1 Å². The van der Waals surface area contributed by atoms with Crippen molar-refractivity contribution >= 4 is 21.9 Å². The van der Waals surface area contributed by atoms with E-state index in [0.29, 0.717) is 5.56 Å². The van der Waals surface area contributed by atoms with E-state index in [1.54, 1.807) is 18.7 Å². The first-order chi connectivity index (χ1) is 12.6. The highest BCUT2D eigenvalue weighted by Gasteiger charge is 2.34. The number of nitrogens with zero attached hydrogens (tertiary/aromatic N) is 2. The first-order valence-corrected chi connectivity index (χ1v) is 10.2. The number of carbonyl (C=O) groups excluding carboxylic acids is 1. The number of piperazine rings is 1. The number of aromatic hydroxyl groups is 1. The average Bonchev–Trinajstić information content (AvgIpc) is 2.62. The normalized spacial score (nSPS) is 17.6. The van der Waals surface area contributed by atoms with Crippen LogP contribution in [0.5, 0.6) is 5.75 Å². The van der Waals surface area contributed by atoms with Gasteiger partial charge in [0, 0.05) is 38.3 Å². The zero-order valence-corrected chi connectivity index (χ0v) is 16.1. The number of sulfonamides is 1. The number of nitrogens with one attached hydrogen (secondary N) is 1. The monoisotopic (exact) mass is 399 g/mol. The maximum absolute atomic E-state index is 12.2. The fourth-order valence-electron chi connectivity index (χ4n) is 2.84. The molecule has 1 unspecified atom stereocenters. The first kappa shape index (κ1) is 21.1. The Labute approximate surface area is 158 Å². The van der Waals surface area contributed by atoms with E-state index < -0.39 is 33.2 Å². The summed E-state index contributed by atoms with van der Waals surface area (Å²) in [5.41, 5.74) is 0.310. The maximum atomic E-state index is 12.2. The van der Waals surface area contributed by atoms with Crippen molar-refractivity contribution < 1.29 is 28.2 Å². The number of benzene rings is 1. The second kappa shape index (κ2) is 8.68. The second-order valence-corrected chi connectivity index (χ2v) is 9.13. The number of hydrogen-bond acceptors (Lipinski definition) is 6. The minimum Gasteiger partial charge on any atom is -0.508 e. The van der Waals surface area contributed by atoms with E-state index in [1.807, 2.05) is 0 Å². The Bertz CT molecular complexity index is 770. The number of phenolic OH excluding ortho intramolecular Hbond substituents is 1. The summed E-state index contributed by atoms with van der Waals surface area (Å²) in [4.78, 5) is 25.4. The minimum atomic E-state index is -3.37. The Balaban J connectivity index is 1.95. The lowest BCUT2D eigenvalue weighted by Gasteiger charge is -2.37. The van der Waals surface area contributed by atoms with Crippen molar-refractivity contribution in [3.05, 3.63) is 29.8 Å². The molecule has 1 aliphatic rings. The molecule has 0 spiro atoms. The lowest BCUT2D eigenvalue weighted by Crippen LogP contribution is -2.57. The van der Waals surface area contributed by atoms with Gasteiger partial charge in [-0.05, 0) is 38.1 Å². The van der Waals surface area contributed by atoms with Crippen LogP contribution < -0.4 is 5.32 Å². The molecule has 0 radical (unpaired) electrons. The molecule has 9 nitrogen and oxygen atoms in total. The molecule has 0 bridgehead atoms. The van der Waals surface area contributed by atoms with Crippen molar-refractivity contribution in [3.63, 3.8) is 0 Å². The molecule has 1 heterocycles. The zero-order valence-electron chi connectivity index (χ0n) is 15.3. The van der Waals surface area contributed by atoms with Crippen LogP contribution in [0.1, 0.15) is 24.2 Å². The predicted molar refractivity (Wildman–Crippen MR) is 99.1 cm³/mol. The van der Waals surface area contributed by atoms with Gasteiger partial charge >= 0.3 is 5.97 Å². The van der Waals surface area contributed by atoms with E-state index in [0.717, 1.165) is 0 Å². The quantitative estimate of drug-likeness (QED) is 0.586. The summed E-state index contributed by atoms with van der Waals surface area (Å²) < 4.78 is 25.8. The first-order valence-electron chi connectivity index (χ1n) is 8.66. The fraction of sp³-hybridized carbons (Fsp3) is 0.529. The summed E-state index contributed by atoms with van der Waals surface area (Å²) in [5, 5.41) is 20.8. The summed E-state index contributed by atoms with van der Waals surface area (Å²) >= 11 is 0. The third-order valence-corrected chi connectivity index (χ3v) is 6.82. The van der Waals surface area contributed by atoms with Crippen LogP contribution in [0, 0.1) is 0 Å². The van der Waals surface area contributed by atoms with Gasteiger partial charge in [0.1, 0.15) is 11.8 Å². The van der Waals surface area contributed by atoms with Gasteiger partial charge in [-0.25, -0.2) is 8.42 Å². The van der Waals surface area contributed by atoms with Gasteiger partial charge in [-0.2, -0.15) is 4.31 Å². The van der Waals surface area contributed by atoms with E-state index in [9.17, 15) is 28.2 Å². The highest BCUT2D eigenvalue weighted by atomic mass is 32.2. The van der Waals surface area contributed by atoms with E-state index >= 15 is 0 Å². The molecule has 27 heavy (non-hydrogen) atoms. The zero-order chi connectivity index (χ0) is 20.2. The van der Waals surface area contributed by atoms with Gasteiger partial charge in [-0.15, -0.1) is 0 Å². The van der Waals surface area contributed by atoms with Crippen molar-refractivity contribution in [1.29, 1.82) is 0 Å². The largest absolute Gasteiger partial charge is 0.508 e. The summed E-state index contributed by atoms with van der Waals surface area (Å²) in [6.45, 7) is 4.11. The molecule has 1 aromatic carbocycles. The summed E-state index contributed by atoms with van der Waals surface area (Å²) in [6.07, 6.45) is 0. The van der Waals surface area contributed by atoms with Crippen LogP contribution in [0.3, 0.4) is 0 Å². The van der Waals surface area contributed by atoms with Crippen LogP contribution in [-0.2, 0) is 14.8 Å². The van der Waals surface area contributed by atoms with Gasteiger partial charge < -0.3 is 15.5 Å². The number of phenols is 1. The van der Waals surface area contributed by atoms with Gasteiger partial charge in [0.25, 0.3) is 5.91 Å². The van der Waals surface area contributed by atoms with E-state index in [2.05, 4.69) is 5.32 Å². The van der Waals surface area contributed by atoms with Crippen molar-refractivity contribution in [1.82, 2.24) is 14.5 Å². The van der Waals surface area contributed by atoms with Crippen molar-refractivity contribution in [3.8, 4) is 5.75 Å². The van der Waals surface area contributed by atoms with Gasteiger partial charge in [0.05, 0.1) is 5.25 Å². The molecule has 3 N–H and O–H groups in total. The lowest BCUT2D eigenvalue weighted by atomic mass is 10.2. The van der Waals surface area contributed by atoms with Gasteiger partial charge in [-0.1, -0.05) is 0 Å². The molecule has 10 heteroatoms. The molecule has 1 aliphatic heterocycles. The summed E-state index contributed by atoms with van der Waals surface area (Å²) in [6, 6.07) is 4.68. The Morgan fingerprint density at radius 2 is 1.67 bits per heavy atom. The molecular formula is C17H25N3O6S. The smallest absolute Gasteiger partial charge is 0.322 e. The number of rotatable bonds is 7. The van der Waals surface area contributed by atoms with Crippen LogP contribution >= 0.6 is 0 Å². The highest BCUT2D eigenvalue weighted by Crippen LogP contribution is 2.14. The molecule has 1 saturated heterocycles. The van der Waals surface area contributed by atoms with Crippen molar-refractivity contribution in [2.75, 3.05) is 32.7 Å². The molecule has 150 valence electrons. The molecule has 0 aromatic heterocycles. The maximum Gasteiger partial charge on any atom is 0.322 e. The van der Waals surface area contributed by atoms with Crippen LogP contribution in [-0.4, -0.2) is 83.7 Å². The third kappa shape index (κ3) is 5.18. The Kier molecular flexibility index (Phi) is 6.79. The van der Waals surface area contributed by atoms with Crippen molar-refractivity contribution in [2.24, 2.45) is 0 Å². The molecule has 2 rings (SSSR count). The molecule has 0 aliphatic carbocycles. The van der Waals surface area contributed by atoms with Crippen LogP contribution in [0.4, 0.5) is 0 Å². The number of carboxylic acid groups (broad SMARTS) is 1. The number of carbonyl (C=O) groups is 2. The van der Waals surface area contributed by atoms with Gasteiger partial charge in [-0.3, -0.25) is 14.5 Å². The lowest BCUT2D eigenvalue weighted by molar-refractivity contribution is -0.143. The molecule has 0 saturated carbocycles. The van der Waals surface area contributed by atoms with E-state index in [-0.39, 0.29) is 38.5 Å². The summed E-state index contributed by atoms with van der Waals surface area (Å²) in [7, 11) is -3.37. The van der Waals surface area contributed by atoms with Gasteiger partial charge in [0.15, 0.2) is 0 Å². The fourth-order valence-corrected chi connectivity index (χ4v) is 4.11. The number of aliphatic carboxylic acids is 1. The number of hydrogen-bond donors (Lipinski definition) is 3. The van der Waals surface area contributed by atoms with Crippen LogP contribution in [0.15, 0.2) is 24.3 Å². The van der Waals surface area contributed by atoms with Gasteiger partial charge in [0.2, 0.25) is 10.0 Å². The number of carboxylic acids is 1. The molecule has 1 amide bonds. The second-order valence-electron chi connectivity index (χ2n) is 6.64. The average molecular weight is 399 g/mol. The molecule has 1 aromatic rings. The topological polar surface area (TPSA) is 127 Å². The Hall–Kier alpha value is -2.17. The van der Waals surface area contributed by atoms with Crippen LogP contribution in [0.2, 0.25) is 0 Å².